The Morgan fingerprint density at radius 3 is 2.29 bits per heavy atom. The largest absolute Gasteiger partial charge is 0.322 e. The molecular weight excluding hydrogens is 210 g/mol. The lowest BCUT2D eigenvalue weighted by Crippen LogP contribution is -2.37. The SMILES string of the molecule is C=C.CC(N)=[N+]1C(=N)c2ccccc2C1(C)C. The molecule has 1 aromatic carbocycles. The fraction of sp³-hybridized carbons (Fsp3) is 0.286. The third-order valence-corrected chi connectivity index (χ3v) is 2.98. The van der Waals surface area contributed by atoms with Gasteiger partial charge in [-0.25, -0.2) is 4.58 Å². The first-order valence-electron chi connectivity index (χ1n) is 5.54. The van der Waals surface area contributed by atoms with Crippen molar-refractivity contribution in [2.45, 2.75) is 26.3 Å². The summed E-state index contributed by atoms with van der Waals surface area (Å²) in [4.78, 5) is 0. The number of nitrogens with two attached hydrogens (primary N) is 1. The number of rotatable bonds is 0. The highest BCUT2D eigenvalue weighted by atomic mass is 15.2. The van der Waals surface area contributed by atoms with Gasteiger partial charge in [-0.3, -0.25) is 0 Å². The van der Waals surface area contributed by atoms with Gasteiger partial charge in [0.05, 0.1) is 5.56 Å². The fourth-order valence-corrected chi connectivity index (χ4v) is 2.36. The van der Waals surface area contributed by atoms with E-state index in [1.165, 1.54) is 5.56 Å². The summed E-state index contributed by atoms with van der Waals surface area (Å²) in [6, 6.07) is 8.00. The molecule has 0 saturated heterocycles. The van der Waals surface area contributed by atoms with E-state index in [0.717, 1.165) is 5.56 Å². The van der Waals surface area contributed by atoms with Gasteiger partial charge >= 0.3 is 0 Å². The van der Waals surface area contributed by atoms with E-state index in [1.807, 2.05) is 29.7 Å². The smallest absolute Gasteiger partial charge is 0.262 e. The molecule has 0 spiro atoms. The first-order valence-corrected chi connectivity index (χ1v) is 5.54. The summed E-state index contributed by atoms with van der Waals surface area (Å²) in [5.74, 6) is 1.16. The number of hydrogen-bond acceptors (Lipinski definition) is 1. The van der Waals surface area contributed by atoms with Crippen LogP contribution in [0.4, 0.5) is 0 Å². The molecule has 0 atom stereocenters. The van der Waals surface area contributed by atoms with E-state index in [0.29, 0.717) is 11.7 Å². The molecule has 0 aromatic heterocycles. The Hall–Kier alpha value is -1.90. The van der Waals surface area contributed by atoms with Crippen molar-refractivity contribution in [2.24, 2.45) is 5.73 Å². The van der Waals surface area contributed by atoms with E-state index in [2.05, 4.69) is 33.1 Å². The van der Waals surface area contributed by atoms with Crippen molar-refractivity contribution in [3.8, 4) is 0 Å². The van der Waals surface area contributed by atoms with E-state index >= 15 is 0 Å². The first kappa shape index (κ1) is 13.2. The molecule has 0 radical (unpaired) electrons. The summed E-state index contributed by atoms with van der Waals surface area (Å²) >= 11 is 0. The van der Waals surface area contributed by atoms with Gasteiger partial charge in [-0.15, -0.1) is 13.2 Å². The number of hydrogen-bond donors (Lipinski definition) is 2. The Morgan fingerprint density at radius 2 is 1.82 bits per heavy atom. The van der Waals surface area contributed by atoms with Crippen LogP contribution in [0.3, 0.4) is 0 Å². The monoisotopic (exact) mass is 230 g/mol. The molecule has 1 aromatic rings. The Morgan fingerprint density at radius 1 is 1.29 bits per heavy atom. The minimum absolute atomic E-state index is 0.216. The predicted molar refractivity (Wildman–Crippen MR) is 72.7 cm³/mol. The van der Waals surface area contributed by atoms with Crippen LogP contribution in [0.5, 0.6) is 0 Å². The number of amidine groups is 2. The summed E-state index contributed by atoms with van der Waals surface area (Å²) in [5.41, 5.74) is 7.77. The zero-order chi connectivity index (χ0) is 13.2. The van der Waals surface area contributed by atoms with Crippen molar-refractivity contribution < 1.29 is 4.58 Å². The van der Waals surface area contributed by atoms with Crippen molar-refractivity contribution in [1.29, 1.82) is 5.41 Å². The van der Waals surface area contributed by atoms with Gasteiger partial charge in [0.15, 0.2) is 5.84 Å². The van der Waals surface area contributed by atoms with Crippen LogP contribution in [0, 0.1) is 5.41 Å². The third-order valence-electron chi connectivity index (χ3n) is 2.98. The highest BCUT2D eigenvalue weighted by Crippen LogP contribution is 2.35. The van der Waals surface area contributed by atoms with Gasteiger partial charge in [-0.2, -0.15) is 5.41 Å². The number of fused-ring (bicyclic) bond motifs is 1. The van der Waals surface area contributed by atoms with Crippen molar-refractivity contribution in [2.75, 3.05) is 0 Å². The highest BCUT2D eigenvalue weighted by molar-refractivity contribution is 5.98. The summed E-state index contributed by atoms with van der Waals surface area (Å²) in [7, 11) is 0. The zero-order valence-corrected chi connectivity index (χ0v) is 10.7. The van der Waals surface area contributed by atoms with Crippen molar-refractivity contribution in [1.82, 2.24) is 0 Å². The van der Waals surface area contributed by atoms with Gasteiger partial charge in [0.1, 0.15) is 5.54 Å². The zero-order valence-electron chi connectivity index (χ0n) is 10.7. The highest BCUT2D eigenvalue weighted by Gasteiger charge is 2.42. The molecule has 3 N–H and O–H groups in total. The Kier molecular flexibility index (Phi) is 3.51. The minimum Gasteiger partial charge on any atom is -0.322 e. The van der Waals surface area contributed by atoms with Gasteiger partial charge < -0.3 is 5.73 Å². The molecule has 1 aliphatic rings. The maximum absolute atomic E-state index is 8.10. The predicted octanol–water partition coefficient (Wildman–Crippen LogP) is 2.45. The Bertz CT molecular complexity index is 480. The van der Waals surface area contributed by atoms with Crippen LogP contribution in [0.15, 0.2) is 37.4 Å². The van der Waals surface area contributed by atoms with Crippen LogP contribution >= 0.6 is 0 Å². The number of nitrogens with zero attached hydrogens (tertiary/aromatic N) is 1. The quantitative estimate of drug-likeness (QED) is 0.401. The van der Waals surface area contributed by atoms with Crippen molar-refractivity contribution in [3.63, 3.8) is 0 Å². The van der Waals surface area contributed by atoms with E-state index in [-0.39, 0.29) is 5.54 Å². The maximum atomic E-state index is 8.10. The molecule has 0 amide bonds. The summed E-state index contributed by atoms with van der Waals surface area (Å²) < 4.78 is 1.87. The van der Waals surface area contributed by atoms with E-state index in [4.69, 9.17) is 11.1 Å². The van der Waals surface area contributed by atoms with Gasteiger partial charge in [-0.05, 0) is 19.9 Å². The van der Waals surface area contributed by atoms with Gasteiger partial charge in [-0.1, -0.05) is 18.2 Å². The summed E-state index contributed by atoms with van der Waals surface area (Å²) in [5, 5.41) is 8.10. The molecule has 2 rings (SSSR count). The lowest BCUT2D eigenvalue weighted by Gasteiger charge is -2.20. The molecule has 1 heterocycles. The van der Waals surface area contributed by atoms with Crippen molar-refractivity contribution in [3.05, 3.63) is 48.6 Å². The number of nitrogens with one attached hydrogen (secondary N) is 1. The molecule has 0 unspecified atom stereocenters. The second-order valence-corrected chi connectivity index (χ2v) is 4.43. The first-order chi connectivity index (χ1) is 7.96. The molecule has 90 valence electrons. The van der Waals surface area contributed by atoms with Crippen LogP contribution in [0.25, 0.3) is 0 Å². The average Bonchev–Trinajstić information content (AvgIpc) is 2.50. The van der Waals surface area contributed by atoms with E-state index in [9.17, 15) is 0 Å². The van der Waals surface area contributed by atoms with Crippen LogP contribution in [0.2, 0.25) is 0 Å². The Balaban J connectivity index is 0.000000686. The standard InChI is InChI=1S/C12H15N3.C2H4/c1-8(13)15-11(14)9-6-4-5-7-10(9)12(15,2)3;1-2/h4-7,13-14H,1-3H3;1-2H2/p+1. The van der Waals surface area contributed by atoms with Gasteiger partial charge in [0, 0.05) is 12.5 Å². The average molecular weight is 230 g/mol. The molecule has 1 aliphatic heterocycles. The maximum Gasteiger partial charge on any atom is 0.262 e. The lowest BCUT2D eigenvalue weighted by atomic mass is 9.94. The fourth-order valence-electron chi connectivity index (χ4n) is 2.36. The molecule has 0 bridgehead atoms. The summed E-state index contributed by atoms with van der Waals surface area (Å²) in [6.07, 6.45) is 0. The molecule has 0 saturated carbocycles. The van der Waals surface area contributed by atoms with Crippen LogP contribution in [0.1, 0.15) is 31.9 Å². The molecule has 0 aliphatic carbocycles. The van der Waals surface area contributed by atoms with Crippen molar-refractivity contribution >= 4 is 11.7 Å². The van der Waals surface area contributed by atoms with E-state index < -0.39 is 0 Å². The molecule has 17 heavy (non-hydrogen) atoms. The van der Waals surface area contributed by atoms with Crippen LogP contribution in [-0.4, -0.2) is 16.2 Å². The topological polar surface area (TPSA) is 52.9 Å². The lowest BCUT2D eigenvalue weighted by molar-refractivity contribution is -0.499. The number of benzene rings is 1. The normalized spacial score (nSPS) is 19.1. The minimum atomic E-state index is -0.216. The second kappa shape index (κ2) is 4.53. The Labute approximate surface area is 103 Å². The summed E-state index contributed by atoms with van der Waals surface area (Å²) in [6.45, 7) is 12.0. The van der Waals surface area contributed by atoms with Crippen LogP contribution in [-0.2, 0) is 5.54 Å². The third kappa shape index (κ3) is 1.88. The van der Waals surface area contributed by atoms with Gasteiger partial charge in [0.25, 0.3) is 5.84 Å². The van der Waals surface area contributed by atoms with Gasteiger partial charge in [0.2, 0.25) is 0 Å². The molecule has 0 fully saturated rings. The molecular formula is C14H20N3+. The molecule has 3 nitrogen and oxygen atoms in total. The van der Waals surface area contributed by atoms with E-state index in [1.54, 1.807) is 0 Å². The van der Waals surface area contributed by atoms with Crippen LogP contribution < -0.4 is 5.73 Å². The second-order valence-electron chi connectivity index (χ2n) is 4.43. The molecule has 3 heteroatoms.